The number of nitrogens with one attached hydrogen (secondary N) is 2. The second-order valence-corrected chi connectivity index (χ2v) is 7.25. The summed E-state index contributed by atoms with van der Waals surface area (Å²) in [7, 11) is -3.76. The summed E-state index contributed by atoms with van der Waals surface area (Å²) in [5, 5.41) is 2.63. The Morgan fingerprint density at radius 2 is 1.90 bits per heavy atom. The van der Waals surface area contributed by atoms with Crippen molar-refractivity contribution in [1.82, 2.24) is 15.2 Å². The van der Waals surface area contributed by atoms with Gasteiger partial charge in [0.25, 0.3) is 10.0 Å². The van der Waals surface area contributed by atoms with E-state index in [1.165, 1.54) is 23.5 Å². The third-order valence-corrected chi connectivity index (χ3v) is 4.75. The first-order valence-electron chi connectivity index (χ1n) is 6.15. The van der Waals surface area contributed by atoms with Crippen LogP contribution in [0.25, 0.3) is 0 Å². The third-order valence-electron chi connectivity index (χ3n) is 2.66. The van der Waals surface area contributed by atoms with Gasteiger partial charge in [-0.25, -0.2) is 13.4 Å². The van der Waals surface area contributed by atoms with Crippen LogP contribution in [-0.2, 0) is 21.2 Å². The molecule has 0 unspecified atom stereocenters. The van der Waals surface area contributed by atoms with Crippen molar-refractivity contribution < 1.29 is 13.2 Å². The van der Waals surface area contributed by atoms with E-state index in [0.717, 1.165) is 10.6 Å². The van der Waals surface area contributed by atoms with Gasteiger partial charge in [-0.15, -0.1) is 16.2 Å². The summed E-state index contributed by atoms with van der Waals surface area (Å²) in [5.74, 6) is -0.462. The Morgan fingerprint density at radius 1 is 1.24 bits per heavy atom. The van der Waals surface area contributed by atoms with Crippen LogP contribution < -0.4 is 10.3 Å². The van der Waals surface area contributed by atoms with Crippen molar-refractivity contribution in [2.24, 2.45) is 0 Å². The highest BCUT2D eigenvalue weighted by Gasteiger charge is 2.15. The van der Waals surface area contributed by atoms with Crippen molar-refractivity contribution in [1.29, 1.82) is 0 Å². The van der Waals surface area contributed by atoms with Crippen molar-refractivity contribution >= 4 is 27.3 Å². The topological polar surface area (TPSA) is 88.2 Å². The van der Waals surface area contributed by atoms with E-state index >= 15 is 0 Å². The third kappa shape index (κ3) is 4.35. The highest BCUT2D eigenvalue weighted by atomic mass is 32.2. The van der Waals surface area contributed by atoms with Gasteiger partial charge in [-0.1, -0.05) is 17.7 Å². The molecule has 0 aliphatic carbocycles. The Morgan fingerprint density at radius 3 is 2.48 bits per heavy atom. The van der Waals surface area contributed by atoms with Gasteiger partial charge in [-0.3, -0.25) is 10.2 Å². The van der Waals surface area contributed by atoms with Gasteiger partial charge >= 0.3 is 0 Å². The Bertz CT molecular complexity index is 736. The molecule has 0 aliphatic rings. The zero-order valence-corrected chi connectivity index (χ0v) is 13.2. The zero-order chi connectivity index (χ0) is 15.5. The normalized spacial score (nSPS) is 11.3. The van der Waals surface area contributed by atoms with Gasteiger partial charge in [0.2, 0.25) is 5.91 Å². The number of amides is 1. The standard InChI is InChI=1S/C13H15N3O3S2/c1-9-3-5-12(6-4-9)21(18,19)16-15-13(17)7-11-8-20-10(2)14-11/h3-6,8,16H,7H2,1-2H3,(H,15,17). The molecule has 2 N–H and O–H groups in total. The molecule has 1 aromatic heterocycles. The highest BCUT2D eigenvalue weighted by Crippen LogP contribution is 2.10. The molecule has 0 saturated carbocycles. The molecule has 2 aromatic rings. The predicted octanol–water partition coefficient (Wildman–Crippen LogP) is 1.31. The quantitative estimate of drug-likeness (QED) is 0.811. The van der Waals surface area contributed by atoms with E-state index in [2.05, 4.69) is 15.2 Å². The highest BCUT2D eigenvalue weighted by molar-refractivity contribution is 7.89. The average molecular weight is 325 g/mol. The van der Waals surface area contributed by atoms with Crippen LogP contribution >= 0.6 is 11.3 Å². The molecule has 1 heterocycles. The van der Waals surface area contributed by atoms with Gasteiger partial charge in [0.15, 0.2) is 0 Å². The average Bonchev–Trinajstić information content (AvgIpc) is 2.82. The van der Waals surface area contributed by atoms with Crippen molar-refractivity contribution in [2.75, 3.05) is 0 Å². The lowest BCUT2D eigenvalue weighted by molar-refractivity contribution is -0.120. The van der Waals surface area contributed by atoms with Crippen molar-refractivity contribution in [3.8, 4) is 0 Å². The van der Waals surface area contributed by atoms with Crippen LogP contribution in [0.4, 0.5) is 0 Å². The summed E-state index contributed by atoms with van der Waals surface area (Å²) in [6, 6.07) is 6.34. The fraction of sp³-hybridized carbons (Fsp3) is 0.231. The molecule has 6 nitrogen and oxygen atoms in total. The molecule has 0 spiro atoms. The molecule has 0 atom stereocenters. The van der Waals surface area contributed by atoms with Gasteiger partial charge in [-0.2, -0.15) is 0 Å². The largest absolute Gasteiger partial charge is 0.277 e. The van der Waals surface area contributed by atoms with Gasteiger partial charge in [0.05, 0.1) is 22.0 Å². The van der Waals surface area contributed by atoms with Crippen LogP contribution in [0.3, 0.4) is 0 Å². The van der Waals surface area contributed by atoms with E-state index in [1.54, 1.807) is 17.5 Å². The fourth-order valence-corrected chi connectivity index (χ4v) is 3.07. The second kappa shape index (κ2) is 6.33. The number of benzene rings is 1. The minimum absolute atomic E-state index is 0.0285. The number of carbonyl (C=O) groups excluding carboxylic acids is 1. The van der Waals surface area contributed by atoms with Crippen LogP contribution in [0.5, 0.6) is 0 Å². The number of thiazole rings is 1. The van der Waals surface area contributed by atoms with E-state index < -0.39 is 15.9 Å². The van der Waals surface area contributed by atoms with Gasteiger partial charge in [0.1, 0.15) is 0 Å². The van der Waals surface area contributed by atoms with Crippen LogP contribution in [0.1, 0.15) is 16.3 Å². The first-order chi connectivity index (χ1) is 9.87. The maximum absolute atomic E-state index is 12.0. The van der Waals surface area contributed by atoms with Gasteiger partial charge in [0, 0.05) is 5.38 Å². The lowest BCUT2D eigenvalue weighted by Gasteiger charge is -2.08. The molecular formula is C13H15N3O3S2. The summed E-state index contributed by atoms with van der Waals surface area (Å²) in [6.45, 7) is 3.70. The van der Waals surface area contributed by atoms with E-state index in [1.807, 2.05) is 13.8 Å². The Hall–Kier alpha value is -1.77. The molecule has 8 heteroatoms. The first-order valence-corrected chi connectivity index (χ1v) is 8.51. The van der Waals surface area contributed by atoms with Crippen LogP contribution in [0, 0.1) is 13.8 Å². The fourth-order valence-electron chi connectivity index (χ4n) is 1.60. The number of rotatable bonds is 5. The summed E-state index contributed by atoms with van der Waals surface area (Å²) >= 11 is 1.44. The maximum Gasteiger partial charge on any atom is 0.257 e. The molecule has 0 aliphatic heterocycles. The number of sulfonamides is 1. The molecule has 112 valence electrons. The maximum atomic E-state index is 12.0. The van der Waals surface area contributed by atoms with Gasteiger partial charge in [-0.05, 0) is 26.0 Å². The van der Waals surface area contributed by atoms with E-state index in [-0.39, 0.29) is 11.3 Å². The molecule has 0 fully saturated rings. The lowest BCUT2D eigenvalue weighted by atomic mass is 10.2. The smallest absolute Gasteiger partial charge is 0.257 e. The number of hydrogen-bond acceptors (Lipinski definition) is 5. The number of carbonyl (C=O) groups is 1. The molecule has 21 heavy (non-hydrogen) atoms. The van der Waals surface area contributed by atoms with Crippen LogP contribution in [0.2, 0.25) is 0 Å². The van der Waals surface area contributed by atoms with Crippen molar-refractivity contribution in [2.45, 2.75) is 25.2 Å². The van der Waals surface area contributed by atoms with E-state index in [0.29, 0.717) is 5.69 Å². The molecule has 1 amide bonds. The van der Waals surface area contributed by atoms with Crippen molar-refractivity contribution in [3.63, 3.8) is 0 Å². The molecule has 0 bridgehead atoms. The SMILES string of the molecule is Cc1ccc(S(=O)(=O)NNC(=O)Cc2csc(C)n2)cc1. The Labute approximate surface area is 127 Å². The Kier molecular flexibility index (Phi) is 4.71. The number of hydrogen-bond donors (Lipinski definition) is 2. The number of nitrogens with zero attached hydrogens (tertiary/aromatic N) is 1. The zero-order valence-electron chi connectivity index (χ0n) is 11.6. The second-order valence-electron chi connectivity index (χ2n) is 4.50. The minimum Gasteiger partial charge on any atom is -0.277 e. The summed E-state index contributed by atoms with van der Waals surface area (Å²) < 4.78 is 23.9. The number of aryl methyl sites for hydroxylation is 2. The monoisotopic (exact) mass is 325 g/mol. The summed E-state index contributed by atoms with van der Waals surface area (Å²) in [4.78, 5) is 18.0. The minimum atomic E-state index is -3.76. The molecule has 1 aromatic carbocycles. The van der Waals surface area contributed by atoms with Gasteiger partial charge < -0.3 is 0 Å². The molecule has 0 saturated heterocycles. The number of aromatic nitrogens is 1. The van der Waals surface area contributed by atoms with E-state index in [4.69, 9.17) is 0 Å². The molecule has 2 rings (SSSR count). The first kappa shape index (κ1) is 15.6. The lowest BCUT2D eigenvalue weighted by Crippen LogP contribution is -2.42. The molecular weight excluding hydrogens is 310 g/mol. The number of hydrazine groups is 1. The van der Waals surface area contributed by atoms with E-state index in [9.17, 15) is 13.2 Å². The Balaban J connectivity index is 1.95. The van der Waals surface area contributed by atoms with Crippen LogP contribution in [-0.4, -0.2) is 19.3 Å². The summed E-state index contributed by atoms with van der Waals surface area (Å²) in [6.07, 6.45) is 0.0285. The predicted molar refractivity (Wildman–Crippen MR) is 80.2 cm³/mol. The molecule has 0 radical (unpaired) electrons. The van der Waals surface area contributed by atoms with Crippen molar-refractivity contribution in [3.05, 3.63) is 45.9 Å². The van der Waals surface area contributed by atoms with Crippen LogP contribution in [0.15, 0.2) is 34.5 Å². The summed E-state index contributed by atoms with van der Waals surface area (Å²) in [5.41, 5.74) is 3.75.